The van der Waals surface area contributed by atoms with Crippen LogP contribution in [0.4, 0.5) is 0 Å². The van der Waals surface area contributed by atoms with Crippen molar-refractivity contribution < 1.29 is 13.2 Å². The van der Waals surface area contributed by atoms with Gasteiger partial charge in [-0.3, -0.25) is 0 Å². The van der Waals surface area contributed by atoms with Crippen LogP contribution in [0.2, 0.25) is 0 Å². The average Bonchev–Trinajstić information content (AvgIpc) is 2.06. The predicted molar refractivity (Wildman–Crippen MR) is 45.0 cm³/mol. The predicted octanol–water partition coefficient (Wildman–Crippen LogP) is -0.827. The molecule has 1 rings (SSSR count). The largest absolute Gasteiger partial charge is 0.379 e. The van der Waals surface area contributed by atoms with Gasteiger partial charge in [-0.25, -0.2) is 4.72 Å². The van der Waals surface area contributed by atoms with Gasteiger partial charge in [0.2, 0.25) is 0 Å². The molecule has 12 heavy (non-hydrogen) atoms. The lowest BCUT2D eigenvalue weighted by Gasteiger charge is -2.25. The van der Waals surface area contributed by atoms with Crippen molar-refractivity contribution in [3.8, 4) is 0 Å². The highest BCUT2D eigenvalue weighted by atomic mass is 32.2. The van der Waals surface area contributed by atoms with E-state index >= 15 is 0 Å². The van der Waals surface area contributed by atoms with Crippen LogP contribution in [0.15, 0.2) is 0 Å². The molecule has 0 aliphatic carbocycles. The third kappa shape index (κ3) is 2.41. The minimum absolute atomic E-state index is 0.430. The maximum absolute atomic E-state index is 11.3. The standard InChI is InChI=1S/C6H14N2O3S/c1-2-7-12(9,10)8-3-5-11-6-4-8/h7H,2-6H2,1H3. The van der Waals surface area contributed by atoms with Gasteiger partial charge >= 0.3 is 0 Å². The van der Waals surface area contributed by atoms with Gasteiger partial charge in [-0.2, -0.15) is 12.7 Å². The van der Waals surface area contributed by atoms with Crippen LogP contribution < -0.4 is 4.72 Å². The molecule has 1 N–H and O–H groups in total. The first kappa shape index (κ1) is 9.91. The van der Waals surface area contributed by atoms with Crippen LogP contribution >= 0.6 is 0 Å². The molecule has 0 spiro atoms. The maximum Gasteiger partial charge on any atom is 0.279 e. The summed E-state index contributed by atoms with van der Waals surface area (Å²) in [5.41, 5.74) is 0. The Morgan fingerprint density at radius 3 is 2.50 bits per heavy atom. The van der Waals surface area contributed by atoms with Crippen molar-refractivity contribution in [2.75, 3.05) is 32.8 Å². The van der Waals surface area contributed by atoms with Gasteiger partial charge in [-0.1, -0.05) is 6.92 Å². The normalized spacial score (nSPS) is 21.1. The molecule has 5 nitrogen and oxygen atoms in total. The van der Waals surface area contributed by atoms with Crippen LogP contribution in [0, 0.1) is 0 Å². The SMILES string of the molecule is CCNS(=O)(=O)N1CCOCC1. The Kier molecular flexibility index (Phi) is 3.45. The lowest BCUT2D eigenvalue weighted by Crippen LogP contribution is -2.46. The molecular weight excluding hydrogens is 180 g/mol. The fourth-order valence-electron chi connectivity index (χ4n) is 1.06. The first-order valence-corrected chi connectivity index (χ1v) is 5.43. The van der Waals surface area contributed by atoms with Crippen molar-refractivity contribution >= 4 is 10.2 Å². The molecule has 0 radical (unpaired) electrons. The van der Waals surface area contributed by atoms with E-state index in [0.29, 0.717) is 32.8 Å². The molecule has 0 bridgehead atoms. The maximum atomic E-state index is 11.3. The number of nitrogens with zero attached hydrogens (tertiary/aromatic N) is 1. The van der Waals surface area contributed by atoms with E-state index in [1.165, 1.54) is 4.31 Å². The summed E-state index contributed by atoms with van der Waals surface area (Å²) in [5.74, 6) is 0. The molecule has 1 saturated heterocycles. The van der Waals surface area contributed by atoms with Crippen molar-refractivity contribution in [1.82, 2.24) is 9.03 Å². The summed E-state index contributed by atoms with van der Waals surface area (Å²) >= 11 is 0. The van der Waals surface area contributed by atoms with Crippen LogP contribution in [0.3, 0.4) is 0 Å². The minimum atomic E-state index is -3.23. The average molecular weight is 194 g/mol. The Morgan fingerprint density at radius 1 is 1.42 bits per heavy atom. The molecule has 0 unspecified atom stereocenters. The summed E-state index contributed by atoms with van der Waals surface area (Å²) in [6.07, 6.45) is 0. The molecule has 0 aromatic rings. The topological polar surface area (TPSA) is 58.6 Å². The second kappa shape index (κ2) is 4.18. The van der Waals surface area contributed by atoms with Crippen molar-refractivity contribution in [3.05, 3.63) is 0 Å². The zero-order chi connectivity index (χ0) is 9.03. The molecule has 0 saturated carbocycles. The van der Waals surface area contributed by atoms with Gasteiger partial charge in [0.25, 0.3) is 10.2 Å². The Morgan fingerprint density at radius 2 is 2.00 bits per heavy atom. The van der Waals surface area contributed by atoms with Crippen molar-refractivity contribution in [2.45, 2.75) is 6.92 Å². The number of morpholine rings is 1. The van der Waals surface area contributed by atoms with Gasteiger partial charge in [-0.15, -0.1) is 0 Å². The molecule has 0 amide bonds. The number of hydrogen-bond acceptors (Lipinski definition) is 3. The van der Waals surface area contributed by atoms with E-state index in [9.17, 15) is 8.42 Å². The van der Waals surface area contributed by atoms with E-state index in [1.807, 2.05) is 0 Å². The summed E-state index contributed by atoms with van der Waals surface area (Å²) < 4.78 is 31.6. The second-order valence-corrected chi connectivity index (χ2v) is 4.27. The fraction of sp³-hybridized carbons (Fsp3) is 1.00. The van der Waals surface area contributed by atoms with Crippen molar-refractivity contribution in [3.63, 3.8) is 0 Å². The highest BCUT2D eigenvalue weighted by molar-refractivity contribution is 7.87. The number of ether oxygens (including phenoxy) is 1. The first-order valence-electron chi connectivity index (χ1n) is 3.99. The summed E-state index contributed by atoms with van der Waals surface area (Å²) in [6, 6.07) is 0. The van der Waals surface area contributed by atoms with E-state index < -0.39 is 10.2 Å². The monoisotopic (exact) mass is 194 g/mol. The van der Waals surface area contributed by atoms with Crippen LogP contribution in [-0.2, 0) is 14.9 Å². The van der Waals surface area contributed by atoms with Gasteiger partial charge in [0.1, 0.15) is 0 Å². The Hall–Kier alpha value is -0.170. The van der Waals surface area contributed by atoms with Crippen LogP contribution in [0.5, 0.6) is 0 Å². The van der Waals surface area contributed by atoms with Gasteiger partial charge in [0.15, 0.2) is 0 Å². The second-order valence-electron chi connectivity index (χ2n) is 2.51. The molecule has 0 atom stereocenters. The lowest BCUT2D eigenvalue weighted by molar-refractivity contribution is 0.0725. The third-order valence-electron chi connectivity index (χ3n) is 1.64. The molecule has 1 fully saturated rings. The van der Waals surface area contributed by atoms with Crippen LogP contribution in [0.25, 0.3) is 0 Å². The summed E-state index contributed by atoms with van der Waals surface area (Å²) in [7, 11) is -3.23. The molecule has 0 aromatic heterocycles. The number of nitrogens with one attached hydrogen (secondary N) is 1. The first-order chi connectivity index (χ1) is 5.67. The molecular formula is C6H14N2O3S. The van der Waals surface area contributed by atoms with E-state index in [4.69, 9.17) is 4.74 Å². The molecule has 0 aromatic carbocycles. The smallest absolute Gasteiger partial charge is 0.279 e. The summed E-state index contributed by atoms with van der Waals surface area (Å²) in [6.45, 7) is 4.08. The van der Waals surface area contributed by atoms with Crippen molar-refractivity contribution in [1.29, 1.82) is 0 Å². The van der Waals surface area contributed by atoms with Crippen LogP contribution in [-0.4, -0.2) is 45.6 Å². The lowest BCUT2D eigenvalue weighted by atomic mass is 10.5. The van der Waals surface area contributed by atoms with Gasteiger partial charge < -0.3 is 4.74 Å². The van der Waals surface area contributed by atoms with Gasteiger partial charge in [0, 0.05) is 19.6 Å². The number of hydrogen-bond donors (Lipinski definition) is 1. The van der Waals surface area contributed by atoms with E-state index in [-0.39, 0.29) is 0 Å². The Labute approximate surface area is 72.9 Å². The number of rotatable bonds is 3. The molecule has 6 heteroatoms. The molecule has 1 aliphatic rings. The zero-order valence-electron chi connectivity index (χ0n) is 7.12. The highest BCUT2D eigenvalue weighted by Crippen LogP contribution is 2.01. The Balaban J connectivity index is 2.54. The minimum Gasteiger partial charge on any atom is -0.379 e. The zero-order valence-corrected chi connectivity index (χ0v) is 7.93. The quantitative estimate of drug-likeness (QED) is 0.638. The van der Waals surface area contributed by atoms with Crippen LogP contribution in [0.1, 0.15) is 6.92 Å². The third-order valence-corrected chi connectivity index (χ3v) is 3.34. The van der Waals surface area contributed by atoms with Gasteiger partial charge in [-0.05, 0) is 0 Å². The van der Waals surface area contributed by atoms with E-state index in [1.54, 1.807) is 6.92 Å². The summed E-state index contributed by atoms with van der Waals surface area (Å²) in [4.78, 5) is 0. The van der Waals surface area contributed by atoms with E-state index in [0.717, 1.165) is 0 Å². The molecule has 1 heterocycles. The fourth-order valence-corrected chi connectivity index (χ4v) is 2.24. The molecule has 72 valence electrons. The van der Waals surface area contributed by atoms with Gasteiger partial charge in [0.05, 0.1) is 13.2 Å². The highest BCUT2D eigenvalue weighted by Gasteiger charge is 2.22. The summed E-state index contributed by atoms with van der Waals surface area (Å²) in [5, 5.41) is 0. The van der Waals surface area contributed by atoms with E-state index in [2.05, 4.69) is 4.72 Å². The molecule has 1 aliphatic heterocycles. The van der Waals surface area contributed by atoms with Crippen molar-refractivity contribution in [2.24, 2.45) is 0 Å². The Bertz CT molecular complexity index is 221.